The van der Waals surface area contributed by atoms with Crippen LogP contribution < -0.4 is 0 Å². The number of aryl methyl sites for hydroxylation is 4. The van der Waals surface area contributed by atoms with Crippen LogP contribution in [0.1, 0.15) is 0 Å². The molecule has 0 amide bonds. The minimum Gasteiger partial charge on any atom is -0.344 e. The molecule has 8 heterocycles. The minimum absolute atomic E-state index is 1.18. The van der Waals surface area contributed by atoms with Crippen molar-refractivity contribution in [3.05, 3.63) is 485 Å². The van der Waals surface area contributed by atoms with Gasteiger partial charge < -0.3 is 36.5 Å². The Morgan fingerprint density at radius 1 is 0.101 bits per heavy atom. The van der Waals surface area contributed by atoms with Gasteiger partial charge in [-0.15, -0.1) is 0 Å². The summed E-state index contributed by atoms with van der Waals surface area (Å²) in [4.78, 5) is 0. The van der Waals surface area contributed by atoms with E-state index in [4.69, 9.17) is 0 Å². The highest BCUT2D eigenvalue weighted by atomic mass is 15.0. The summed E-state index contributed by atoms with van der Waals surface area (Å²) in [6, 6.07) is 176. The van der Waals surface area contributed by atoms with Gasteiger partial charge in [0.05, 0.1) is 44.1 Å². The van der Waals surface area contributed by atoms with Gasteiger partial charge in [0.2, 0.25) is 0 Å². The third-order valence-electron chi connectivity index (χ3n) is 28.9. The molecule has 21 aromatic carbocycles. The molecular formula is C130H92N8. The van der Waals surface area contributed by atoms with Gasteiger partial charge in [-0.2, -0.15) is 0 Å². The molecule has 138 heavy (non-hydrogen) atoms. The van der Waals surface area contributed by atoms with E-state index in [9.17, 15) is 0 Å². The molecule has 0 spiro atoms. The summed E-state index contributed by atoms with van der Waals surface area (Å²) in [5, 5.41) is 20.5. The largest absolute Gasteiger partial charge is 0.344 e. The van der Waals surface area contributed by atoms with Crippen LogP contribution in [0.25, 0.3) is 253 Å². The van der Waals surface area contributed by atoms with Gasteiger partial charge in [-0.1, -0.05) is 322 Å². The molecule has 0 N–H and O–H groups in total. The maximum atomic E-state index is 2.42. The van der Waals surface area contributed by atoms with Crippen LogP contribution in [0.4, 0.5) is 0 Å². The quantitative estimate of drug-likeness (QED) is 0.138. The number of benzene rings is 21. The second kappa shape index (κ2) is 33.0. The summed E-state index contributed by atoms with van der Waals surface area (Å²) in [5.74, 6) is 0. The van der Waals surface area contributed by atoms with E-state index < -0.39 is 0 Å². The van der Waals surface area contributed by atoms with Crippen molar-refractivity contribution in [1.82, 2.24) is 36.5 Å². The van der Waals surface area contributed by atoms with Gasteiger partial charge in [-0.3, -0.25) is 0 Å². The smallest absolute Gasteiger partial charge is 0.0547 e. The average Bonchev–Trinajstić information content (AvgIpc) is 1.59. The SMILES string of the molecule is Cn1c2ccc(-c3ccccc3)cc2c2cc(-n3c4ccccc4c4cc(-c5ccccc5)ccc43)ccc21.Cn1c2ccc(-n3c4ccccc4c4ccccc43)cc2c2ccc(-c3ccccc3)cc21.Cn1c2ccccc2c2cc(-n3c4ccccc4c4cc(-c5ccccc5)ccc43)ccc21.Cn1c2ccccc2c2cc(-n3c4ccccc4c4ccc(-c5ccccc5)cc43)ccc21. The van der Waals surface area contributed by atoms with Crippen LogP contribution in [0, 0.1) is 0 Å². The lowest BCUT2D eigenvalue weighted by molar-refractivity contribution is 1.01. The summed E-state index contributed by atoms with van der Waals surface area (Å²) in [6.07, 6.45) is 0. The predicted molar refractivity (Wildman–Crippen MR) is 586 cm³/mol. The van der Waals surface area contributed by atoms with Crippen molar-refractivity contribution >= 4 is 174 Å². The summed E-state index contributed by atoms with van der Waals surface area (Å²) < 4.78 is 18.8. The number of hydrogen-bond acceptors (Lipinski definition) is 0. The minimum atomic E-state index is 1.18. The fraction of sp³-hybridized carbons (Fsp3) is 0.0308. The van der Waals surface area contributed by atoms with E-state index in [-0.39, 0.29) is 0 Å². The Bertz CT molecular complexity index is 9820. The van der Waals surface area contributed by atoms with Crippen LogP contribution in [0.5, 0.6) is 0 Å². The Hall–Kier alpha value is -18.0. The van der Waals surface area contributed by atoms with Gasteiger partial charge in [-0.25, -0.2) is 0 Å². The van der Waals surface area contributed by atoms with Crippen LogP contribution in [0.2, 0.25) is 0 Å². The lowest BCUT2D eigenvalue weighted by Crippen LogP contribution is -1.94. The standard InChI is InChI=1S/C37H26N2.3C31H22N2/c1-38-34-19-16-27(25-10-4-2-5-11-25)23-32(34)33-24-29(18-21-35(33)38)39-36-15-9-8-14-30(36)31-22-28(17-20-37(31)39)26-12-6-3-7-13-26;1-32-28-13-7-5-12-25(28)27-20-23(16-18-29(27)32)33-30-14-8-6-11-24(30)26-17-15-22(19-31(26)33)21-9-3-2-4-10-21;1-32-28-13-7-5-11-24(28)27-20-23(16-18-29(27)32)33-30-14-8-6-12-25(30)26-19-22(15-17-31(26)33)21-9-3-2-4-10-21;1-32-28-18-16-23(33-29-13-7-5-11-24(29)25-12-6-8-14-30(25)33)20-27(28)26-17-15-22(19-31(26)32)21-9-3-2-4-10-21/h2-24H,1H3;3*2-20H,1H3. The molecule has 0 bridgehead atoms. The van der Waals surface area contributed by atoms with Crippen molar-refractivity contribution in [1.29, 1.82) is 0 Å². The summed E-state index contributed by atoms with van der Waals surface area (Å²) in [7, 11) is 8.63. The Labute approximate surface area is 797 Å². The molecule has 652 valence electrons. The fourth-order valence-electron chi connectivity index (χ4n) is 22.3. The topological polar surface area (TPSA) is 39.4 Å². The van der Waals surface area contributed by atoms with Gasteiger partial charge in [0.25, 0.3) is 0 Å². The molecule has 0 aliphatic heterocycles. The number of fused-ring (bicyclic) bond motifs is 24. The fourth-order valence-corrected chi connectivity index (χ4v) is 22.3. The third-order valence-corrected chi connectivity index (χ3v) is 28.9. The first-order valence-corrected chi connectivity index (χ1v) is 47.5. The lowest BCUT2D eigenvalue weighted by atomic mass is 10.0. The van der Waals surface area contributed by atoms with Crippen molar-refractivity contribution in [3.8, 4) is 78.4 Å². The molecule has 0 radical (unpaired) electrons. The Balaban J connectivity index is 0.0000000953. The maximum absolute atomic E-state index is 2.42. The molecule has 8 aromatic heterocycles. The van der Waals surface area contributed by atoms with Crippen LogP contribution in [0.15, 0.2) is 485 Å². The van der Waals surface area contributed by atoms with Crippen LogP contribution in [-0.4, -0.2) is 36.5 Å². The Morgan fingerprint density at radius 2 is 0.268 bits per heavy atom. The predicted octanol–water partition coefficient (Wildman–Crippen LogP) is 34.0. The summed E-state index contributed by atoms with van der Waals surface area (Å²) >= 11 is 0. The molecule has 0 saturated carbocycles. The van der Waals surface area contributed by atoms with Gasteiger partial charge >= 0.3 is 0 Å². The van der Waals surface area contributed by atoms with Crippen molar-refractivity contribution < 1.29 is 0 Å². The first-order valence-electron chi connectivity index (χ1n) is 47.5. The molecule has 0 aliphatic rings. The molecule has 0 aliphatic carbocycles. The zero-order valence-electron chi connectivity index (χ0n) is 76.8. The summed E-state index contributed by atoms with van der Waals surface area (Å²) in [6.45, 7) is 0. The molecule has 0 unspecified atom stereocenters. The van der Waals surface area contributed by atoms with E-state index in [2.05, 4.69) is 550 Å². The zero-order valence-corrected chi connectivity index (χ0v) is 76.8. The van der Waals surface area contributed by atoms with Crippen molar-refractivity contribution in [2.75, 3.05) is 0 Å². The molecule has 8 nitrogen and oxygen atoms in total. The van der Waals surface area contributed by atoms with E-state index in [1.165, 1.54) is 253 Å². The van der Waals surface area contributed by atoms with Crippen LogP contribution >= 0.6 is 0 Å². The Kier molecular flexibility index (Phi) is 19.4. The molecule has 0 saturated heterocycles. The van der Waals surface area contributed by atoms with Gasteiger partial charge in [-0.05, 0) is 219 Å². The molecule has 29 rings (SSSR count). The van der Waals surface area contributed by atoms with Crippen LogP contribution in [-0.2, 0) is 28.2 Å². The highest BCUT2D eigenvalue weighted by molar-refractivity contribution is 6.18. The molecule has 0 fully saturated rings. The number of aromatic nitrogens is 8. The van der Waals surface area contributed by atoms with E-state index in [0.717, 1.165) is 0 Å². The number of para-hydroxylation sites is 7. The molecule has 8 heteroatoms. The lowest BCUT2D eigenvalue weighted by Gasteiger charge is -2.10. The van der Waals surface area contributed by atoms with Gasteiger partial charge in [0.15, 0.2) is 0 Å². The van der Waals surface area contributed by atoms with Gasteiger partial charge in [0, 0.05) is 181 Å². The van der Waals surface area contributed by atoms with Crippen LogP contribution in [0.3, 0.4) is 0 Å². The number of nitrogens with zero attached hydrogens (tertiary/aromatic N) is 8. The van der Waals surface area contributed by atoms with Crippen molar-refractivity contribution in [2.45, 2.75) is 0 Å². The number of rotatable bonds is 9. The van der Waals surface area contributed by atoms with E-state index >= 15 is 0 Å². The first-order chi connectivity index (χ1) is 68.1. The average molecular weight is 1770 g/mol. The second-order valence-electron chi connectivity index (χ2n) is 36.5. The summed E-state index contributed by atoms with van der Waals surface area (Å²) in [5.41, 5.74) is 37.1. The molecular weight excluding hydrogens is 1670 g/mol. The molecule has 0 atom stereocenters. The van der Waals surface area contributed by atoms with E-state index in [0.29, 0.717) is 0 Å². The monoisotopic (exact) mass is 1760 g/mol. The highest BCUT2D eigenvalue weighted by Crippen LogP contribution is 2.45. The molecule has 29 aromatic rings. The maximum Gasteiger partial charge on any atom is 0.0547 e. The van der Waals surface area contributed by atoms with Gasteiger partial charge in [0.1, 0.15) is 0 Å². The van der Waals surface area contributed by atoms with E-state index in [1.807, 2.05) is 0 Å². The normalized spacial score (nSPS) is 11.8. The zero-order chi connectivity index (χ0) is 91.7. The van der Waals surface area contributed by atoms with Crippen molar-refractivity contribution in [2.24, 2.45) is 28.2 Å². The third kappa shape index (κ3) is 13.3. The Morgan fingerprint density at radius 3 is 0.572 bits per heavy atom. The highest BCUT2D eigenvalue weighted by Gasteiger charge is 2.23. The first kappa shape index (κ1) is 80.8. The van der Waals surface area contributed by atoms with Crippen molar-refractivity contribution in [3.63, 3.8) is 0 Å². The van der Waals surface area contributed by atoms with E-state index in [1.54, 1.807) is 0 Å². The number of hydrogen-bond donors (Lipinski definition) is 0. The second-order valence-corrected chi connectivity index (χ2v) is 36.5.